The Morgan fingerprint density at radius 3 is 2.53 bits per heavy atom. The summed E-state index contributed by atoms with van der Waals surface area (Å²) < 4.78 is 5.01. The van der Waals surface area contributed by atoms with E-state index in [-0.39, 0.29) is 0 Å². The number of rotatable bonds is 2. The highest BCUT2D eigenvalue weighted by Crippen LogP contribution is 2.05. The first-order valence-electron chi connectivity index (χ1n) is 5.49. The normalized spacial score (nSPS) is 23.1. The number of hydrogen-bond acceptors (Lipinski definition) is 4. The molecule has 1 atom stereocenters. The highest BCUT2D eigenvalue weighted by atomic mass is 16.5. The third kappa shape index (κ3) is 4.80. The number of aldehydes is 1. The predicted octanol–water partition coefficient (Wildman–Crippen LogP) is 1.14. The Balaban J connectivity index is 0.000000171. The molecule has 1 aromatic rings. The quantitative estimate of drug-likeness (QED) is 0.753. The molecular formula is C13H18N2O2. The molecular weight excluding hydrogens is 216 g/mol. The topological polar surface area (TPSA) is 64.3 Å². The monoisotopic (exact) mass is 234 g/mol. The van der Waals surface area contributed by atoms with Crippen molar-refractivity contribution >= 4 is 12.4 Å². The van der Waals surface area contributed by atoms with E-state index >= 15 is 0 Å². The van der Waals surface area contributed by atoms with E-state index in [9.17, 15) is 4.79 Å². The Morgan fingerprint density at radius 2 is 2.12 bits per heavy atom. The van der Waals surface area contributed by atoms with Gasteiger partial charge >= 0.3 is 0 Å². The molecule has 92 valence electrons. The van der Waals surface area contributed by atoms with Crippen molar-refractivity contribution in [1.82, 2.24) is 5.32 Å². The number of nitrogens with one attached hydrogen (secondary N) is 1. The summed E-state index contributed by atoms with van der Waals surface area (Å²) in [5.41, 5.74) is 5.62. The zero-order valence-corrected chi connectivity index (χ0v) is 9.93. The summed E-state index contributed by atoms with van der Waals surface area (Å²) in [4.78, 5) is 10.1. The fourth-order valence-electron chi connectivity index (χ4n) is 1.36. The van der Waals surface area contributed by atoms with E-state index in [0.717, 1.165) is 18.4 Å². The standard InChI is InChI=1S/C8H9N.C5H9NO2/c9-7-6-8-4-2-1-3-5-8;1-5(4-7)6-2-3-8-5/h1-7H,9H2;4,6H,2-3H2,1H3. The SMILES string of the molecule is CC1(C=O)NCCO1.NC=Cc1ccccc1. The van der Waals surface area contributed by atoms with E-state index in [1.807, 2.05) is 36.4 Å². The summed E-state index contributed by atoms with van der Waals surface area (Å²) in [5, 5.41) is 2.89. The van der Waals surface area contributed by atoms with Gasteiger partial charge in [-0.15, -0.1) is 0 Å². The van der Waals surface area contributed by atoms with E-state index in [4.69, 9.17) is 10.5 Å². The minimum atomic E-state index is -0.694. The zero-order valence-electron chi connectivity index (χ0n) is 9.93. The Morgan fingerprint density at radius 1 is 1.41 bits per heavy atom. The van der Waals surface area contributed by atoms with Gasteiger partial charge < -0.3 is 10.5 Å². The summed E-state index contributed by atoms with van der Waals surface area (Å²) in [6.45, 7) is 3.12. The number of hydrogen-bond donors (Lipinski definition) is 2. The van der Waals surface area contributed by atoms with Gasteiger partial charge in [0.1, 0.15) is 0 Å². The molecule has 1 heterocycles. The lowest BCUT2D eigenvalue weighted by atomic mass is 10.2. The number of ether oxygens (including phenoxy) is 1. The average Bonchev–Trinajstić information content (AvgIpc) is 2.80. The molecule has 4 nitrogen and oxygen atoms in total. The molecule has 1 aromatic carbocycles. The summed E-state index contributed by atoms with van der Waals surface area (Å²) >= 11 is 0. The van der Waals surface area contributed by atoms with E-state index in [2.05, 4.69) is 5.32 Å². The van der Waals surface area contributed by atoms with Gasteiger partial charge in [-0.3, -0.25) is 10.1 Å². The van der Waals surface area contributed by atoms with Crippen molar-refractivity contribution in [2.45, 2.75) is 12.6 Å². The summed E-state index contributed by atoms with van der Waals surface area (Å²) in [7, 11) is 0. The minimum Gasteiger partial charge on any atom is -0.405 e. The van der Waals surface area contributed by atoms with E-state index in [1.54, 1.807) is 6.92 Å². The molecule has 2 rings (SSSR count). The van der Waals surface area contributed by atoms with Crippen molar-refractivity contribution in [3.05, 3.63) is 42.1 Å². The van der Waals surface area contributed by atoms with E-state index in [1.165, 1.54) is 6.20 Å². The maximum Gasteiger partial charge on any atom is 0.172 e. The molecule has 0 radical (unpaired) electrons. The van der Waals surface area contributed by atoms with Crippen LogP contribution in [0.2, 0.25) is 0 Å². The molecule has 1 saturated heterocycles. The number of carbonyl (C=O) groups is 1. The molecule has 1 fully saturated rings. The number of benzene rings is 1. The Bertz CT molecular complexity index is 357. The highest BCUT2D eigenvalue weighted by Gasteiger charge is 2.27. The van der Waals surface area contributed by atoms with Crippen LogP contribution >= 0.6 is 0 Å². The lowest BCUT2D eigenvalue weighted by Gasteiger charge is -2.13. The van der Waals surface area contributed by atoms with Gasteiger partial charge in [-0.1, -0.05) is 30.3 Å². The van der Waals surface area contributed by atoms with Crippen LogP contribution in [0, 0.1) is 0 Å². The summed E-state index contributed by atoms with van der Waals surface area (Å²) in [6.07, 6.45) is 4.18. The maximum atomic E-state index is 10.1. The Labute approximate surface area is 101 Å². The second-order valence-electron chi connectivity index (χ2n) is 3.77. The second-order valence-corrected chi connectivity index (χ2v) is 3.77. The average molecular weight is 234 g/mol. The van der Waals surface area contributed by atoms with Crippen molar-refractivity contribution in [2.75, 3.05) is 13.2 Å². The number of nitrogens with two attached hydrogens (primary N) is 1. The van der Waals surface area contributed by atoms with Crippen LogP contribution in [0.4, 0.5) is 0 Å². The fourth-order valence-corrected chi connectivity index (χ4v) is 1.36. The second kappa shape index (κ2) is 6.83. The molecule has 1 aliphatic rings. The van der Waals surface area contributed by atoms with Crippen LogP contribution < -0.4 is 11.1 Å². The summed E-state index contributed by atoms with van der Waals surface area (Å²) in [5.74, 6) is 0. The van der Waals surface area contributed by atoms with Gasteiger partial charge in [-0.05, 0) is 24.8 Å². The lowest BCUT2D eigenvalue weighted by molar-refractivity contribution is -0.125. The molecule has 4 heteroatoms. The molecule has 0 aliphatic carbocycles. The van der Waals surface area contributed by atoms with Crippen molar-refractivity contribution in [3.63, 3.8) is 0 Å². The molecule has 1 aliphatic heterocycles. The summed E-state index contributed by atoms with van der Waals surface area (Å²) in [6, 6.07) is 9.95. The molecule has 17 heavy (non-hydrogen) atoms. The third-order valence-electron chi connectivity index (χ3n) is 2.29. The molecule has 1 unspecified atom stereocenters. The first-order chi connectivity index (χ1) is 8.20. The van der Waals surface area contributed by atoms with Crippen LogP contribution in [0.5, 0.6) is 0 Å². The zero-order chi connectivity index (χ0) is 12.6. The maximum absolute atomic E-state index is 10.1. The van der Waals surface area contributed by atoms with E-state index in [0.29, 0.717) is 6.61 Å². The third-order valence-corrected chi connectivity index (χ3v) is 2.29. The smallest absolute Gasteiger partial charge is 0.172 e. The molecule has 3 N–H and O–H groups in total. The molecule has 0 aromatic heterocycles. The molecule has 0 spiro atoms. The van der Waals surface area contributed by atoms with Crippen LogP contribution in [0.15, 0.2) is 36.5 Å². The van der Waals surface area contributed by atoms with Crippen molar-refractivity contribution in [1.29, 1.82) is 0 Å². The number of carbonyl (C=O) groups excluding carboxylic acids is 1. The van der Waals surface area contributed by atoms with Gasteiger partial charge in [0.05, 0.1) is 6.61 Å². The van der Waals surface area contributed by atoms with Crippen molar-refractivity contribution in [2.24, 2.45) is 5.73 Å². The van der Waals surface area contributed by atoms with Gasteiger partial charge in [0.25, 0.3) is 0 Å². The van der Waals surface area contributed by atoms with Crippen LogP contribution in [0.1, 0.15) is 12.5 Å². The van der Waals surface area contributed by atoms with Crippen molar-refractivity contribution in [3.8, 4) is 0 Å². The Hall–Kier alpha value is -1.65. The highest BCUT2D eigenvalue weighted by molar-refractivity contribution is 5.61. The molecule has 0 amide bonds. The van der Waals surface area contributed by atoms with Gasteiger partial charge in [-0.2, -0.15) is 0 Å². The predicted molar refractivity (Wildman–Crippen MR) is 68.1 cm³/mol. The lowest BCUT2D eigenvalue weighted by Crippen LogP contribution is -2.38. The van der Waals surface area contributed by atoms with Gasteiger partial charge in [0.2, 0.25) is 0 Å². The first-order valence-corrected chi connectivity index (χ1v) is 5.49. The molecule has 0 bridgehead atoms. The largest absolute Gasteiger partial charge is 0.405 e. The van der Waals surface area contributed by atoms with Gasteiger partial charge in [0, 0.05) is 6.54 Å². The fraction of sp³-hybridized carbons (Fsp3) is 0.308. The van der Waals surface area contributed by atoms with Crippen molar-refractivity contribution < 1.29 is 9.53 Å². The Kier molecular flexibility index (Phi) is 5.39. The van der Waals surface area contributed by atoms with E-state index < -0.39 is 5.72 Å². The molecule has 0 saturated carbocycles. The van der Waals surface area contributed by atoms with Crippen LogP contribution in [0.3, 0.4) is 0 Å². The van der Waals surface area contributed by atoms with Crippen LogP contribution in [-0.2, 0) is 9.53 Å². The van der Waals surface area contributed by atoms with Crippen LogP contribution in [0.25, 0.3) is 6.08 Å². The minimum absolute atomic E-state index is 0.634. The van der Waals surface area contributed by atoms with Crippen LogP contribution in [-0.4, -0.2) is 25.2 Å². The first kappa shape index (κ1) is 13.4. The van der Waals surface area contributed by atoms with Gasteiger partial charge in [0.15, 0.2) is 12.0 Å². The van der Waals surface area contributed by atoms with Gasteiger partial charge in [-0.25, -0.2) is 0 Å².